The molecule has 3 aromatic rings. The summed E-state index contributed by atoms with van der Waals surface area (Å²) in [5.41, 5.74) is 7.27. The van der Waals surface area contributed by atoms with E-state index in [1.807, 2.05) is 0 Å². The van der Waals surface area contributed by atoms with Crippen molar-refractivity contribution in [3.63, 3.8) is 0 Å². The Bertz CT molecular complexity index is 1050. The molecule has 152 valence electrons. The second kappa shape index (κ2) is 9.24. The van der Waals surface area contributed by atoms with Gasteiger partial charge in [0.25, 0.3) is 5.91 Å². The Balaban J connectivity index is 1.59. The van der Waals surface area contributed by atoms with E-state index < -0.39 is 5.91 Å². The largest absolute Gasteiger partial charge is 0.457 e. The standard InChI is InChI=1S/C22H20N4O4/c1-24-22(29)26-17-8-6-16(7-9-17)25-21(28)15-4-12-19(13-5-15)30-18-10-2-14(3-11-18)20(23)27/h2-13H,1H3,(H2,23,27)(H,25,28)(H2,24,26,29). The van der Waals surface area contributed by atoms with Crippen molar-refractivity contribution in [3.05, 3.63) is 83.9 Å². The molecule has 0 unspecified atom stereocenters. The third-order valence-corrected chi connectivity index (χ3v) is 4.12. The van der Waals surface area contributed by atoms with E-state index in [0.29, 0.717) is 34.0 Å². The lowest BCUT2D eigenvalue weighted by molar-refractivity contribution is 0.0997. The van der Waals surface area contributed by atoms with Crippen LogP contribution < -0.4 is 26.4 Å². The van der Waals surface area contributed by atoms with E-state index in [9.17, 15) is 14.4 Å². The zero-order valence-electron chi connectivity index (χ0n) is 16.1. The number of hydrogen-bond acceptors (Lipinski definition) is 4. The van der Waals surface area contributed by atoms with Crippen molar-refractivity contribution in [3.8, 4) is 11.5 Å². The van der Waals surface area contributed by atoms with Crippen molar-refractivity contribution in [2.24, 2.45) is 5.73 Å². The summed E-state index contributed by atoms with van der Waals surface area (Å²) < 4.78 is 5.70. The molecular weight excluding hydrogens is 384 g/mol. The molecule has 0 saturated heterocycles. The van der Waals surface area contributed by atoms with Crippen LogP contribution >= 0.6 is 0 Å². The van der Waals surface area contributed by atoms with Crippen LogP contribution in [0.4, 0.5) is 16.2 Å². The van der Waals surface area contributed by atoms with Crippen molar-refractivity contribution in [1.82, 2.24) is 5.32 Å². The summed E-state index contributed by atoms with van der Waals surface area (Å²) in [6.45, 7) is 0. The fourth-order valence-electron chi connectivity index (χ4n) is 2.53. The van der Waals surface area contributed by atoms with Crippen LogP contribution in [0.2, 0.25) is 0 Å². The van der Waals surface area contributed by atoms with Crippen LogP contribution in [-0.4, -0.2) is 24.9 Å². The van der Waals surface area contributed by atoms with Crippen LogP contribution in [0.25, 0.3) is 0 Å². The fraction of sp³-hybridized carbons (Fsp3) is 0.0455. The summed E-state index contributed by atoms with van der Waals surface area (Å²) in [6, 6.07) is 19.5. The minimum atomic E-state index is -0.505. The van der Waals surface area contributed by atoms with Gasteiger partial charge >= 0.3 is 6.03 Å². The second-order valence-electron chi connectivity index (χ2n) is 6.25. The van der Waals surface area contributed by atoms with Crippen molar-refractivity contribution in [2.45, 2.75) is 0 Å². The topological polar surface area (TPSA) is 123 Å². The number of amides is 4. The first-order valence-electron chi connectivity index (χ1n) is 9.02. The van der Waals surface area contributed by atoms with E-state index in [-0.39, 0.29) is 11.9 Å². The maximum atomic E-state index is 12.4. The molecule has 30 heavy (non-hydrogen) atoms. The van der Waals surface area contributed by atoms with Gasteiger partial charge in [0, 0.05) is 29.5 Å². The Morgan fingerprint density at radius 1 is 0.700 bits per heavy atom. The number of hydrogen-bond donors (Lipinski definition) is 4. The summed E-state index contributed by atoms with van der Waals surface area (Å²) in [6.07, 6.45) is 0. The van der Waals surface area contributed by atoms with Gasteiger partial charge in [-0.05, 0) is 72.8 Å². The number of anilines is 2. The smallest absolute Gasteiger partial charge is 0.318 e. The van der Waals surface area contributed by atoms with E-state index in [1.165, 1.54) is 7.05 Å². The molecule has 0 saturated carbocycles. The van der Waals surface area contributed by atoms with Gasteiger partial charge in [0.2, 0.25) is 5.91 Å². The van der Waals surface area contributed by atoms with E-state index in [2.05, 4.69) is 16.0 Å². The molecule has 0 bridgehead atoms. The van der Waals surface area contributed by atoms with Gasteiger partial charge in [-0.3, -0.25) is 9.59 Å². The monoisotopic (exact) mass is 404 g/mol. The first kappa shape index (κ1) is 20.4. The molecule has 0 aliphatic carbocycles. The van der Waals surface area contributed by atoms with Gasteiger partial charge in [-0.1, -0.05) is 0 Å². The summed E-state index contributed by atoms with van der Waals surface area (Å²) in [5, 5.41) is 7.89. The number of rotatable bonds is 6. The lowest BCUT2D eigenvalue weighted by Gasteiger charge is -2.09. The van der Waals surface area contributed by atoms with Gasteiger partial charge in [0.15, 0.2) is 0 Å². The molecule has 0 radical (unpaired) electrons. The molecule has 4 amide bonds. The predicted octanol–water partition coefficient (Wildman–Crippen LogP) is 3.58. The molecule has 3 rings (SSSR count). The van der Waals surface area contributed by atoms with E-state index in [4.69, 9.17) is 10.5 Å². The third kappa shape index (κ3) is 5.35. The third-order valence-electron chi connectivity index (χ3n) is 4.12. The van der Waals surface area contributed by atoms with Crippen LogP contribution in [0.15, 0.2) is 72.8 Å². The minimum Gasteiger partial charge on any atom is -0.457 e. The number of nitrogens with two attached hydrogens (primary N) is 1. The number of nitrogens with one attached hydrogen (secondary N) is 3. The SMILES string of the molecule is CNC(=O)Nc1ccc(NC(=O)c2ccc(Oc3ccc(C(N)=O)cc3)cc2)cc1. The summed E-state index contributed by atoms with van der Waals surface area (Å²) in [4.78, 5) is 34.8. The van der Waals surface area contributed by atoms with Gasteiger partial charge in [0.1, 0.15) is 11.5 Å². The average molecular weight is 404 g/mol. The molecule has 0 atom stereocenters. The first-order chi connectivity index (χ1) is 14.4. The highest BCUT2D eigenvalue weighted by atomic mass is 16.5. The molecular formula is C22H20N4O4. The maximum absolute atomic E-state index is 12.4. The summed E-state index contributed by atoms with van der Waals surface area (Å²) in [5.74, 6) is 0.305. The normalized spacial score (nSPS) is 10.0. The lowest BCUT2D eigenvalue weighted by Crippen LogP contribution is -2.24. The molecule has 0 aliphatic heterocycles. The van der Waals surface area contributed by atoms with Gasteiger partial charge in [-0.2, -0.15) is 0 Å². The maximum Gasteiger partial charge on any atom is 0.318 e. The Hall–Kier alpha value is -4.33. The van der Waals surface area contributed by atoms with E-state index in [0.717, 1.165) is 0 Å². The van der Waals surface area contributed by atoms with Crippen LogP contribution in [0.1, 0.15) is 20.7 Å². The molecule has 8 nitrogen and oxygen atoms in total. The molecule has 0 heterocycles. The highest BCUT2D eigenvalue weighted by molar-refractivity contribution is 6.04. The molecule has 5 N–H and O–H groups in total. The molecule has 0 spiro atoms. The van der Waals surface area contributed by atoms with Gasteiger partial charge in [-0.25, -0.2) is 4.79 Å². The first-order valence-corrected chi connectivity index (χ1v) is 9.02. The van der Waals surface area contributed by atoms with E-state index in [1.54, 1.807) is 72.8 Å². The van der Waals surface area contributed by atoms with Crippen LogP contribution in [0.5, 0.6) is 11.5 Å². The number of urea groups is 1. The quantitative estimate of drug-likeness (QED) is 0.501. The zero-order chi connectivity index (χ0) is 21.5. The van der Waals surface area contributed by atoms with Crippen molar-refractivity contribution in [1.29, 1.82) is 0 Å². The lowest BCUT2D eigenvalue weighted by atomic mass is 10.2. The van der Waals surface area contributed by atoms with Crippen LogP contribution in [0, 0.1) is 0 Å². The van der Waals surface area contributed by atoms with Gasteiger partial charge in [0.05, 0.1) is 0 Å². The van der Waals surface area contributed by atoms with Crippen molar-refractivity contribution >= 4 is 29.2 Å². The second-order valence-corrected chi connectivity index (χ2v) is 6.25. The number of carbonyl (C=O) groups is 3. The van der Waals surface area contributed by atoms with Crippen LogP contribution in [0.3, 0.4) is 0 Å². The Morgan fingerprint density at radius 2 is 1.17 bits per heavy atom. The minimum absolute atomic E-state index is 0.278. The molecule has 8 heteroatoms. The number of primary amides is 1. The highest BCUT2D eigenvalue weighted by Gasteiger charge is 2.08. The van der Waals surface area contributed by atoms with E-state index >= 15 is 0 Å². The summed E-state index contributed by atoms with van der Waals surface area (Å²) >= 11 is 0. The average Bonchev–Trinajstić information content (AvgIpc) is 2.76. The van der Waals surface area contributed by atoms with Crippen molar-refractivity contribution in [2.75, 3.05) is 17.7 Å². The Labute approximate surface area is 173 Å². The van der Waals surface area contributed by atoms with Gasteiger partial charge < -0.3 is 26.4 Å². The molecule has 3 aromatic carbocycles. The zero-order valence-corrected chi connectivity index (χ0v) is 16.1. The number of carbonyl (C=O) groups excluding carboxylic acids is 3. The predicted molar refractivity (Wildman–Crippen MR) is 114 cm³/mol. The number of benzene rings is 3. The van der Waals surface area contributed by atoms with Crippen LogP contribution in [-0.2, 0) is 0 Å². The van der Waals surface area contributed by atoms with Gasteiger partial charge in [-0.15, -0.1) is 0 Å². The molecule has 0 aromatic heterocycles. The Kier molecular flexibility index (Phi) is 6.29. The fourth-order valence-corrected chi connectivity index (χ4v) is 2.53. The summed E-state index contributed by atoms with van der Waals surface area (Å²) in [7, 11) is 1.53. The molecule has 0 aliphatic rings. The number of ether oxygens (including phenoxy) is 1. The highest BCUT2D eigenvalue weighted by Crippen LogP contribution is 2.22. The Morgan fingerprint density at radius 3 is 1.63 bits per heavy atom. The van der Waals surface area contributed by atoms with Crippen molar-refractivity contribution < 1.29 is 19.1 Å². The molecule has 0 fully saturated rings.